The molecule has 4 nitrogen and oxygen atoms in total. The van der Waals surface area contributed by atoms with Crippen LogP contribution in [0, 0.1) is 0 Å². The molecule has 0 aliphatic carbocycles. The predicted octanol–water partition coefficient (Wildman–Crippen LogP) is 15.8. The number of furan rings is 1. The number of hydrogen-bond acceptors (Lipinski definition) is 3. The van der Waals surface area contributed by atoms with Crippen LogP contribution in [0.1, 0.15) is 18.2 Å². The molecule has 0 atom stereocenters. The normalized spacial score (nSPS) is 11.5. The number of para-hydroxylation sites is 5. The molecule has 0 aliphatic heterocycles. The van der Waals surface area contributed by atoms with Gasteiger partial charge in [0.2, 0.25) is 0 Å². The Labute approximate surface area is 344 Å². The maximum absolute atomic E-state index is 6.49. The maximum atomic E-state index is 6.49. The van der Waals surface area contributed by atoms with Crippen LogP contribution in [0.25, 0.3) is 61.7 Å². The van der Waals surface area contributed by atoms with Crippen LogP contribution >= 0.6 is 0 Å². The second-order valence-electron chi connectivity index (χ2n) is 14.6. The SMILES string of the molecule is C=Cc1oc2c(N(c3ccccc3)c3ccc(-c4ccc(N(c5ccccc5)c5ccc6c(c5)c5ccccc5n6-c5ccccc5)cc4)cc3)cccc2c1/C=C\C. The topological polar surface area (TPSA) is 24.6 Å². The van der Waals surface area contributed by atoms with E-state index in [4.69, 9.17) is 4.42 Å². The third kappa shape index (κ3) is 6.37. The summed E-state index contributed by atoms with van der Waals surface area (Å²) in [4.78, 5) is 4.60. The average molecular weight is 760 g/mol. The van der Waals surface area contributed by atoms with Gasteiger partial charge in [-0.3, -0.25) is 0 Å². The van der Waals surface area contributed by atoms with E-state index in [-0.39, 0.29) is 0 Å². The van der Waals surface area contributed by atoms with Gasteiger partial charge in [-0.05, 0) is 115 Å². The number of fused-ring (bicyclic) bond motifs is 4. The number of anilines is 6. The average Bonchev–Trinajstić information content (AvgIpc) is 3.84. The van der Waals surface area contributed by atoms with Crippen molar-refractivity contribution in [2.24, 2.45) is 0 Å². The van der Waals surface area contributed by atoms with Crippen molar-refractivity contribution in [2.75, 3.05) is 9.80 Å². The van der Waals surface area contributed by atoms with Crippen molar-refractivity contribution in [1.29, 1.82) is 0 Å². The summed E-state index contributed by atoms with van der Waals surface area (Å²) < 4.78 is 8.85. The van der Waals surface area contributed by atoms with Crippen LogP contribution in [0.2, 0.25) is 0 Å². The summed E-state index contributed by atoms with van der Waals surface area (Å²) in [6.07, 6.45) is 5.91. The molecule has 0 spiro atoms. The van der Waals surface area contributed by atoms with Crippen molar-refractivity contribution in [3.05, 3.63) is 224 Å². The lowest BCUT2D eigenvalue weighted by Crippen LogP contribution is -2.10. The number of hydrogen-bond donors (Lipinski definition) is 0. The van der Waals surface area contributed by atoms with E-state index in [1.807, 2.05) is 19.1 Å². The van der Waals surface area contributed by atoms with Crippen molar-refractivity contribution < 1.29 is 4.42 Å². The largest absolute Gasteiger partial charge is 0.454 e. The minimum atomic E-state index is 0.763. The van der Waals surface area contributed by atoms with Gasteiger partial charge in [0.15, 0.2) is 5.58 Å². The monoisotopic (exact) mass is 759 g/mol. The van der Waals surface area contributed by atoms with Crippen LogP contribution in [0.3, 0.4) is 0 Å². The first-order chi connectivity index (χ1) is 29.2. The van der Waals surface area contributed by atoms with E-state index in [2.05, 4.69) is 221 Å². The van der Waals surface area contributed by atoms with Crippen LogP contribution in [-0.4, -0.2) is 4.57 Å². The second kappa shape index (κ2) is 15.3. The number of aromatic nitrogens is 1. The molecule has 2 aromatic heterocycles. The quantitative estimate of drug-likeness (QED) is 0.139. The molecule has 8 aromatic carbocycles. The van der Waals surface area contributed by atoms with Crippen molar-refractivity contribution in [2.45, 2.75) is 6.92 Å². The van der Waals surface area contributed by atoms with Gasteiger partial charge in [0.25, 0.3) is 0 Å². The zero-order valence-corrected chi connectivity index (χ0v) is 32.7. The number of allylic oxidation sites excluding steroid dienone is 1. The van der Waals surface area contributed by atoms with Crippen LogP contribution in [-0.2, 0) is 0 Å². The van der Waals surface area contributed by atoms with Gasteiger partial charge in [-0.2, -0.15) is 0 Å². The lowest BCUT2D eigenvalue weighted by Gasteiger charge is -2.26. The molecule has 10 aromatic rings. The van der Waals surface area contributed by atoms with Crippen molar-refractivity contribution >= 4 is 79.1 Å². The molecule has 4 heteroatoms. The van der Waals surface area contributed by atoms with Gasteiger partial charge in [-0.15, -0.1) is 0 Å². The highest BCUT2D eigenvalue weighted by Crippen LogP contribution is 2.43. The summed E-state index contributed by atoms with van der Waals surface area (Å²) in [6, 6.07) is 71.2. The first kappa shape index (κ1) is 35.6. The molecule has 282 valence electrons. The van der Waals surface area contributed by atoms with E-state index in [1.165, 1.54) is 21.8 Å². The molecular formula is C55H41N3O. The Morgan fingerprint density at radius 1 is 0.475 bits per heavy atom. The molecule has 0 saturated carbocycles. The first-order valence-electron chi connectivity index (χ1n) is 20.0. The fraction of sp³-hybridized carbons (Fsp3) is 0.0182. The Morgan fingerprint density at radius 2 is 1.00 bits per heavy atom. The fourth-order valence-corrected chi connectivity index (χ4v) is 8.40. The van der Waals surface area contributed by atoms with Gasteiger partial charge in [0.05, 0.1) is 16.7 Å². The Balaban J connectivity index is 1.02. The molecule has 0 N–H and O–H groups in total. The standard InChI is InChI=1S/C55H41N3O/c1-3-17-48-49-25-16-27-53(55(49)59-54(48)4-2)57(42-20-10-6-11-21-42)45-34-30-40(31-35-45)39-28-32-44(33-29-39)56(41-18-8-5-9-19-41)46-36-37-52-50(38-46)47-24-14-15-26-51(47)58(52)43-22-12-7-13-23-43/h3-38H,2H2,1H3/b17-3-. The van der Waals surface area contributed by atoms with Crippen LogP contribution in [0.4, 0.5) is 34.1 Å². The Morgan fingerprint density at radius 3 is 1.64 bits per heavy atom. The molecule has 2 heterocycles. The first-order valence-corrected chi connectivity index (χ1v) is 20.0. The minimum Gasteiger partial charge on any atom is -0.454 e. The second-order valence-corrected chi connectivity index (χ2v) is 14.6. The summed E-state index contributed by atoms with van der Waals surface area (Å²) in [5, 5.41) is 3.50. The smallest absolute Gasteiger partial charge is 0.159 e. The molecule has 0 saturated heterocycles. The summed E-state index contributed by atoms with van der Waals surface area (Å²) >= 11 is 0. The fourth-order valence-electron chi connectivity index (χ4n) is 8.40. The third-order valence-electron chi connectivity index (χ3n) is 11.1. The van der Waals surface area contributed by atoms with Gasteiger partial charge in [-0.1, -0.05) is 128 Å². The van der Waals surface area contributed by atoms with E-state index in [1.54, 1.807) is 6.08 Å². The molecule has 0 amide bonds. The van der Waals surface area contributed by atoms with Gasteiger partial charge in [0, 0.05) is 55.8 Å². The van der Waals surface area contributed by atoms with Gasteiger partial charge in [0.1, 0.15) is 5.76 Å². The molecule has 0 radical (unpaired) electrons. The van der Waals surface area contributed by atoms with E-state index in [9.17, 15) is 0 Å². The van der Waals surface area contributed by atoms with Crippen molar-refractivity contribution in [3.63, 3.8) is 0 Å². The highest BCUT2D eigenvalue weighted by Gasteiger charge is 2.21. The molecule has 10 rings (SSSR count). The molecule has 59 heavy (non-hydrogen) atoms. The Bertz CT molecular complexity index is 3110. The Kier molecular flexibility index (Phi) is 9.20. The molecule has 0 aliphatic rings. The van der Waals surface area contributed by atoms with E-state index >= 15 is 0 Å². The highest BCUT2D eigenvalue weighted by atomic mass is 16.3. The molecular weight excluding hydrogens is 719 g/mol. The molecule has 0 fully saturated rings. The summed E-state index contributed by atoms with van der Waals surface area (Å²) in [7, 11) is 0. The summed E-state index contributed by atoms with van der Waals surface area (Å²) in [5.41, 5.74) is 14.0. The number of rotatable bonds is 10. The highest BCUT2D eigenvalue weighted by molar-refractivity contribution is 6.10. The lowest BCUT2D eigenvalue weighted by atomic mass is 10.0. The predicted molar refractivity (Wildman–Crippen MR) is 250 cm³/mol. The maximum Gasteiger partial charge on any atom is 0.159 e. The van der Waals surface area contributed by atoms with Crippen LogP contribution in [0.15, 0.2) is 217 Å². The van der Waals surface area contributed by atoms with E-state index < -0.39 is 0 Å². The summed E-state index contributed by atoms with van der Waals surface area (Å²) in [5.74, 6) is 0.763. The van der Waals surface area contributed by atoms with Gasteiger partial charge < -0.3 is 18.8 Å². The van der Waals surface area contributed by atoms with E-state index in [0.717, 1.165) is 73.2 Å². The van der Waals surface area contributed by atoms with Gasteiger partial charge in [-0.25, -0.2) is 0 Å². The van der Waals surface area contributed by atoms with E-state index in [0.29, 0.717) is 0 Å². The zero-order chi connectivity index (χ0) is 39.7. The van der Waals surface area contributed by atoms with Crippen molar-refractivity contribution in [3.8, 4) is 16.8 Å². The number of nitrogens with zero attached hydrogens (tertiary/aromatic N) is 3. The summed E-state index contributed by atoms with van der Waals surface area (Å²) in [6.45, 7) is 6.05. The van der Waals surface area contributed by atoms with Crippen LogP contribution in [0.5, 0.6) is 0 Å². The molecule has 0 unspecified atom stereocenters. The Hall–Kier alpha value is -7.82. The van der Waals surface area contributed by atoms with Crippen LogP contribution < -0.4 is 9.80 Å². The van der Waals surface area contributed by atoms with Gasteiger partial charge >= 0.3 is 0 Å². The minimum absolute atomic E-state index is 0.763. The third-order valence-corrected chi connectivity index (χ3v) is 11.1. The number of benzene rings is 8. The lowest BCUT2D eigenvalue weighted by molar-refractivity contribution is 0.604. The van der Waals surface area contributed by atoms with Crippen molar-refractivity contribution in [1.82, 2.24) is 4.57 Å². The molecule has 0 bridgehead atoms. The zero-order valence-electron chi connectivity index (χ0n) is 32.7.